The molecular formula is C20H19FN4O4. The molecule has 0 unspecified atom stereocenters. The van der Waals surface area contributed by atoms with E-state index in [9.17, 15) is 24.1 Å². The lowest BCUT2D eigenvalue weighted by Gasteiger charge is -2.37. The monoisotopic (exact) mass is 398 g/mol. The summed E-state index contributed by atoms with van der Waals surface area (Å²) in [6, 6.07) is 10.7. The number of benzene rings is 2. The molecule has 0 N–H and O–H groups in total. The Morgan fingerprint density at radius 1 is 0.828 bits per heavy atom. The largest absolute Gasteiger partial charge is 0.368 e. The van der Waals surface area contributed by atoms with Gasteiger partial charge in [-0.1, -0.05) is 0 Å². The van der Waals surface area contributed by atoms with Crippen molar-refractivity contribution in [2.75, 3.05) is 40.9 Å². The maximum atomic E-state index is 13.1. The highest BCUT2D eigenvalue weighted by Crippen LogP contribution is 2.35. The maximum absolute atomic E-state index is 13.1. The molecule has 0 radical (unpaired) electrons. The van der Waals surface area contributed by atoms with E-state index in [-0.39, 0.29) is 41.8 Å². The quantitative estimate of drug-likeness (QED) is 0.447. The molecule has 2 aromatic carbocycles. The van der Waals surface area contributed by atoms with Gasteiger partial charge in [-0.15, -0.1) is 0 Å². The smallest absolute Gasteiger partial charge is 0.294 e. The van der Waals surface area contributed by atoms with Crippen LogP contribution < -0.4 is 14.7 Å². The molecule has 0 atom stereocenters. The fourth-order valence-electron chi connectivity index (χ4n) is 3.79. The lowest BCUT2D eigenvalue weighted by Crippen LogP contribution is -2.46. The number of halogens is 1. The zero-order valence-corrected chi connectivity index (χ0v) is 15.6. The number of piperazine rings is 1. The number of nitrogens with zero attached hydrogens (tertiary/aromatic N) is 4. The Bertz CT molecular complexity index is 955. The highest BCUT2D eigenvalue weighted by atomic mass is 19.1. The van der Waals surface area contributed by atoms with Gasteiger partial charge in [0.2, 0.25) is 11.8 Å². The second-order valence-electron chi connectivity index (χ2n) is 7.00. The number of anilines is 3. The summed E-state index contributed by atoms with van der Waals surface area (Å²) in [5.74, 6) is -0.979. The van der Waals surface area contributed by atoms with Gasteiger partial charge in [-0.2, -0.15) is 0 Å². The van der Waals surface area contributed by atoms with Crippen LogP contribution in [0.2, 0.25) is 0 Å². The van der Waals surface area contributed by atoms with Crippen molar-refractivity contribution in [3.05, 3.63) is 58.4 Å². The topological polar surface area (TPSA) is 87.0 Å². The van der Waals surface area contributed by atoms with E-state index >= 15 is 0 Å². The van der Waals surface area contributed by atoms with E-state index in [1.54, 1.807) is 24.3 Å². The van der Waals surface area contributed by atoms with Crippen LogP contribution in [0.15, 0.2) is 42.5 Å². The molecule has 29 heavy (non-hydrogen) atoms. The Morgan fingerprint density at radius 2 is 1.38 bits per heavy atom. The minimum atomic E-state index is -0.490. The Hall–Kier alpha value is -3.49. The molecule has 2 aliphatic rings. The molecule has 4 rings (SSSR count). The molecule has 0 aliphatic carbocycles. The van der Waals surface area contributed by atoms with Crippen LogP contribution in [0.5, 0.6) is 0 Å². The molecule has 2 aromatic rings. The zero-order valence-electron chi connectivity index (χ0n) is 15.6. The molecular weight excluding hydrogens is 379 g/mol. The zero-order chi connectivity index (χ0) is 20.5. The highest BCUT2D eigenvalue weighted by molar-refractivity contribution is 6.20. The number of carbonyl (C=O) groups excluding carboxylic acids is 2. The lowest BCUT2D eigenvalue weighted by atomic mass is 10.1. The van der Waals surface area contributed by atoms with Crippen LogP contribution in [0.3, 0.4) is 0 Å². The first-order valence-electron chi connectivity index (χ1n) is 9.34. The second kappa shape index (κ2) is 7.50. The third-order valence-electron chi connectivity index (χ3n) is 5.28. The first kappa shape index (κ1) is 18.9. The molecule has 0 spiro atoms. The predicted molar refractivity (Wildman–Crippen MR) is 106 cm³/mol. The van der Waals surface area contributed by atoms with Crippen molar-refractivity contribution in [2.45, 2.75) is 12.8 Å². The highest BCUT2D eigenvalue weighted by Gasteiger charge is 2.32. The molecule has 2 saturated heterocycles. The van der Waals surface area contributed by atoms with E-state index in [4.69, 9.17) is 0 Å². The van der Waals surface area contributed by atoms with Crippen molar-refractivity contribution in [3.8, 4) is 0 Å². The molecule has 0 bridgehead atoms. The number of nitro benzene ring substituents is 1. The molecule has 9 heteroatoms. The summed E-state index contributed by atoms with van der Waals surface area (Å²) < 4.78 is 13.1. The van der Waals surface area contributed by atoms with E-state index in [0.717, 1.165) is 10.6 Å². The Labute approximate surface area is 166 Å². The van der Waals surface area contributed by atoms with Crippen LogP contribution in [-0.2, 0) is 9.59 Å². The summed E-state index contributed by atoms with van der Waals surface area (Å²) in [7, 11) is 0. The summed E-state index contributed by atoms with van der Waals surface area (Å²) in [4.78, 5) is 40.1. The normalized spacial score (nSPS) is 17.2. The van der Waals surface area contributed by atoms with Crippen LogP contribution in [0.4, 0.5) is 27.1 Å². The number of hydrogen-bond acceptors (Lipinski definition) is 6. The molecule has 2 heterocycles. The van der Waals surface area contributed by atoms with Gasteiger partial charge >= 0.3 is 0 Å². The number of amides is 2. The predicted octanol–water partition coefficient (Wildman–Crippen LogP) is 2.71. The molecule has 150 valence electrons. The van der Waals surface area contributed by atoms with Gasteiger partial charge in [-0.05, 0) is 36.4 Å². The lowest BCUT2D eigenvalue weighted by molar-refractivity contribution is -0.384. The third-order valence-corrected chi connectivity index (χ3v) is 5.28. The van der Waals surface area contributed by atoms with Crippen molar-refractivity contribution in [2.24, 2.45) is 0 Å². The van der Waals surface area contributed by atoms with Gasteiger partial charge in [0.1, 0.15) is 11.5 Å². The van der Waals surface area contributed by atoms with Gasteiger partial charge in [0.05, 0.1) is 10.6 Å². The van der Waals surface area contributed by atoms with Gasteiger partial charge in [0.25, 0.3) is 5.69 Å². The fraction of sp³-hybridized carbons (Fsp3) is 0.300. The number of hydrogen-bond donors (Lipinski definition) is 0. The Balaban J connectivity index is 1.54. The van der Waals surface area contributed by atoms with Crippen LogP contribution >= 0.6 is 0 Å². The van der Waals surface area contributed by atoms with Gasteiger partial charge in [-0.3, -0.25) is 24.6 Å². The minimum Gasteiger partial charge on any atom is -0.368 e. The molecule has 0 aromatic heterocycles. The summed E-state index contributed by atoms with van der Waals surface area (Å²) >= 11 is 0. The van der Waals surface area contributed by atoms with Crippen LogP contribution in [0.25, 0.3) is 0 Å². The summed E-state index contributed by atoms with van der Waals surface area (Å²) in [5.41, 5.74) is 1.46. The molecule has 8 nitrogen and oxygen atoms in total. The minimum absolute atomic E-state index is 0.125. The number of nitro groups is 1. The van der Waals surface area contributed by atoms with E-state index in [2.05, 4.69) is 4.90 Å². The average molecular weight is 398 g/mol. The van der Waals surface area contributed by atoms with Crippen LogP contribution in [0.1, 0.15) is 12.8 Å². The Kier molecular flexibility index (Phi) is 4.87. The first-order valence-corrected chi connectivity index (χ1v) is 9.34. The first-order chi connectivity index (χ1) is 13.9. The fourth-order valence-corrected chi connectivity index (χ4v) is 3.79. The number of imide groups is 1. The molecule has 2 aliphatic heterocycles. The van der Waals surface area contributed by atoms with E-state index in [0.29, 0.717) is 31.9 Å². The molecule has 2 fully saturated rings. The summed E-state index contributed by atoms with van der Waals surface area (Å²) in [6.45, 7) is 2.37. The standard InChI is InChI=1S/C20H19FN4O4/c21-14-1-3-15(4-2-14)22-9-11-23(12-10-22)17-6-5-16(13-18(17)25(28)29)24-19(26)7-8-20(24)27/h1-6,13H,7-12H2. The number of rotatable bonds is 4. The van der Waals surface area contributed by atoms with Crippen LogP contribution in [-0.4, -0.2) is 42.9 Å². The maximum Gasteiger partial charge on any atom is 0.294 e. The van der Waals surface area contributed by atoms with Crippen molar-refractivity contribution in [1.29, 1.82) is 0 Å². The van der Waals surface area contributed by atoms with Crippen LogP contribution in [0, 0.1) is 15.9 Å². The van der Waals surface area contributed by atoms with Gasteiger partial charge in [-0.25, -0.2) is 4.39 Å². The van der Waals surface area contributed by atoms with Gasteiger partial charge < -0.3 is 9.80 Å². The van der Waals surface area contributed by atoms with Crippen molar-refractivity contribution in [1.82, 2.24) is 0 Å². The van der Waals surface area contributed by atoms with Crippen molar-refractivity contribution < 1.29 is 18.9 Å². The summed E-state index contributed by atoms with van der Waals surface area (Å²) in [5, 5.41) is 11.7. The third kappa shape index (κ3) is 3.63. The van der Waals surface area contributed by atoms with Crippen molar-refractivity contribution >= 4 is 34.6 Å². The molecule has 2 amide bonds. The Morgan fingerprint density at radius 3 is 1.97 bits per heavy atom. The van der Waals surface area contributed by atoms with Gasteiger partial charge in [0, 0.05) is 50.8 Å². The van der Waals surface area contributed by atoms with E-state index in [1.165, 1.54) is 18.2 Å². The van der Waals surface area contributed by atoms with E-state index < -0.39 is 4.92 Å². The number of carbonyl (C=O) groups is 2. The SMILES string of the molecule is O=C1CCC(=O)N1c1ccc(N2CCN(c3ccc(F)cc3)CC2)c([N+](=O)[O-])c1. The average Bonchev–Trinajstić information content (AvgIpc) is 3.06. The molecule has 0 saturated carbocycles. The van der Waals surface area contributed by atoms with E-state index in [1.807, 2.05) is 4.90 Å². The second-order valence-corrected chi connectivity index (χ2v) is 7.00. The van der Waals surface area contributed by atoms with Gasteiger partial charge in [0.15, 0.2) is 0 Å². The van der Waals surface area contributed by atoms with Crippen molar-refractivity contribution in [3.63, 3.8) is 0 Å². The summed E-state index contributed by atoms with van der Waals surface area (Å²) in [6.07, 6.45) is 0.249.